The van der Waals surface area contributed by atoms with E-state index in [0.29, 0.717) is 11.5 Å². The first-order chi connectivity index (χ1) is 19.2. The lowest BCUT2D eigenvalue weighted by Gasteiger charge is -2.23. The maximum absolute atomic E-state index is 12.9. The molecule has 6 heterocycles. The number of hydrogen-bond donors (Lipinski definition) is 7. The summed E-state index contributed by atoms with van der Waals surface area (Å²) in [4.78, 5) is 41.2. The van der Waals surface area contributed by atoms with Crippen molar-refractivity contribution in [2.45, 2.75) is 55.6 Å². The molecule has 2 fully saturated rings. The number of imidazole rings is 2. The molecule has 0 aliphatic carbocycles. The van der Waals surface area contributed by atoms with Gasteiger partial charge >= 0.3 is 7.82 Å². The Bertz CT molecular complexity index is 1530. The molecule has 2 unspecified atom stereocenters. The number of anilines is 1. The van der Waals surface area contributed by atoms with E-state index >= 15 is 0 Å². The van der Waals surface area contributed by atoms with Gasteiger partial charge in [0.25, 0.3) is 5.56 Å². The standard InChI is InChI=1S/C20H26N9O10P/c21-15-11-16(23-4-22-15)29(6-26-11)20-14(32)13(31)10(38-20)3-36-40(34,35)39-9-1-8(2-30)37-19(9)28-7-27-12-17(28)24-5-25-18(12)33/h4-10,13-15,19-20,30-32H,1-3,21H2,(H,22,23)(H,34,35)(H,24,25,33)/t8-,9+,10+,13+,14+,15?,19+,20+/m0/s1. The molecule has 3 aromatic rings. The highest BCUT2D eigenvalue weighted by Crippen LogP contribution is 2.50. The van der Waals surface area contributed by atoms with Gasteiger partial charge in [0.2, 0.25) is 0 Å². The molecule has 9 atom stereocenters. The average Bonchev–Trinajstić information content (AvgIpc) is 3.69. The Morgan fingerprint density at radius 2 is 1.95 bits per heavy atom. The van der Waals surface area contributed by atoms with E-state index in [1.165, 1.54) is 34.5 Å². The fraction of sp³-hybridized carbons (Fsp3) is 0.550. The van der Waals surface area contributed by atoms with Gasteiger partial charge in [0, 0.05) is 6.42 Å². The number of aromatic nitrogens is 6. The predicted octanol–water partition coefficient (Wildman–Crippen LogP) is -2.17. The molecule has 0 aromatic carbocycles. The summed E-state index contributed by atoms with van der Waals surface area (Å²) < 4.78 is 37.7. The highest BCUT2D eigenvalue weighted by atomic mass is 31.2. The lowest BCUT2D eigenvalue weighted by Crippen LogP contribution is -2.34. The van der Waals surface area contributed by atoms with Gasteiger partial charge in [-0.2, -0.15) is 0 Å². The molecule has 0 radical (unpaired) electrons. The number of nitrogens with one attached hydrogen (secondary N) is 2. The van der Waals surface area contributed by atoms with E-state index < -0.39 is 75.7 Å². The van der Waals surface area contributed by atoms with Gasteiger partial charge in [-0.05, 0) is 0 Å². The van der Waals surface area contributed by atoms with Gasteiger partial charge in [-0.25, -0.2) is 19.5 Å². The third kappa shape index (κ3) is 4.75. The van der Waals surface area contributed by atoms with Crippen LogP contribution in [0.5, 0.6) is 0 Å². The molecule has 20 heteroatoms. The van der Waals surface area contributed by atoms with Gasteiger partial charge in [0.1, 0.15) is 42.1 Å². The van der Waals surface area contributed by atoms with E-state index in [1.54, 1.807) is 0 Å². The molecule has 0 spiro atoms. The number of aliphatic imine (C=N–C) groups is 1. The number of nitrogens with two attached hydrogens (primary N) is 1. The zero-order valence-electron chi connectivity index (χ0n) is 20.5. The van der Waals surface area contributed by atoms with Crippen LogP contribution in [0.3, 0.4) is 0 Å². The van der Waals surface area contributed by atoms with Crippen LogP contribution in [0.1, 0.15) is 30.7 Å². The molecule has 216 valence electrons. The lowest BCUT2D eigenvalue weighted by molar-refractivity contribution is -0.0618. The summed E-state index contributed by atoms with van der Waals surface area (Å²) >= 11 is 0. The Kier molecular flexibility index (Phi) is 7.03. The number of nitrogens with zero attached hydrogens (tertiary/aromatic N) is 6. The van der Waals surface area contributed by atoms with Gasteiger partial charge in [0.15, 0.2) is 23.6 Å². The molecule has 2 saturated heterocycles. The number of rotatable bonds is 8. The SMILES string of the molecule is NC1N=CNc2c1ncn2[C@@H]1O[C@H](COP(=O)(O)O[C@@H]2C[C@@H](CO)O[C@H]2n2cnc3c(=O)[nH]cnc32)[C@@H](O)[C@H]1O. The second-order valence-electron chi connectivity index (χ2n) is 9.33. The number of phosphoric ester groups is 1. The molecule has 0 bridgehead atoms. The molecule has 8 N–H and O–H groups in total. The van der Waals surface area contributed by atoms with E-state index in [-0.39, 0.29) is 17.6 Å². The molecule has 40 heavy (non-hydrogen) atoms. The summed E-state index contributed by atoms with van der Waals surface area (Å²) in [6.45, 7) is -1.03. The van der Waals surface area contributed by atoms with Gasteiger partial charge in [-0.15, -0.1) is 0 Å². The highest BCUT2D eigenvalue weighted by molar-refractivity contribution is 7.47. The summed E-state index contributed by atoms with van der Waals surface area (Å²) in [5.41, 5.74) is 5.96. The van der Waals surface area contributed by atoms with Crippen LogP contribution in [0.15, 0.2) is 28.8 Å². The Morgan fingerprint density at radius 3 is 2.75 bits per heavy atom. The van der Waals surface area contributed by atoms with Gasteiger partial charge in [0.05, 0.1) is 44.6 Å². The summed E-state index contributed by atoms with van der Waals surface area (Å²) in [6.07, 6.45) is -3.76. The number of aliphatic hydroxyl groups is 3. The minimum atomic E-state index is -4.82. The van der Waals surface area contributed by atoms with Crippen LogP contribution in [-0.4, -0.2) is 99.4 Å². The quantitative estimate of drug-likeness (QED) is 0.139. The Hall–Kier alpha value is -3.10. The Labute approximate surface area is 223 Å². The summed E-state index contributed by atoms with van der Waals surface area (Å²) in [6, 6.07) is 0. The maximum Gasteiger partial charge on any atom is 0.472 e. The van der Waals surface area contributed by atoms with Crippen molar-refractivity contribution in [3.8, 4) is 0 Å². The summed E-state index contributed by atoms with van der Waals surface area (Å²) in [7, 11) is -4.82. The number of ether oxygens (including phenoxy) is 2. The van der Waals surface area contributed by atoms with Gasteiger partial charge in [-0.1, -0.05) is 0 Å². The van der Waals surface area contributed by atoms with Crippen molar-refractivity contribution >= 4 is 31.1 Å². The molecule has 3 aliphatic heterocycles. The Balaban J connectivity index is 1.14. The van der Waals surface area contributed by atoms with Crippen molar-refractivity contribution in [2.24, 2.45) is 10.7 Å². The molecule has 3 aliphatic rings. The minimum absolute atomic E-state index is 0.00542. The minimum Gasteiger partial charge on any atom is -0.394 e. The van der Waals surface area contributed by atoms with E-state index in [1.807, 2.05) is 0 Å². The first kappa shape index (κ1) is 27.1. The van der Waals surface area contributed by atoms with E-state index in [0.717, 1.165) is 0 Å². The molecule has 6 rings (SSSR count). The van der Waals surface area contributed by atoms with Crippen molar-refractivity contribution in [1.82, 2.24) is 29.1 Å². The van der Waals surface area contributed by atoms with Crippen LogP contribution in [-0.2, 0) is 23.1 Å². The van der Waals surface area contributed by atoms with Crippen LogP contribution in [0.25, 0.3) is 11.2 Å². The van der Waals surface area contributed by atoms with E-state index in [2.05, 4.69) is 30.2 Å². The van der Waals surface area contributed by atoms with Crippen LogP contribution < -0.4 is 16.6 Å². The fourth-order valence-corrected chi connectivity index (χ4v) is 5.80. The average molecular weight is 583 g/mol. The second-order valence-corrected chi connectivity index (χ2v) is 10.7. The zero-order chi connectivity index (χ0) is 28.2. The molecular formula is C20H26N9O10P. The van der Waals surface area contributed by atoms with Crippen molar-refractivity contribution < 1.29 is 43.3 Å². The number of aromatic amines is 1. The smallest absolute Gasteiger partial charge is 0.394 e. The van der Waals surface area contributed by atoms with Crippen molar-refractivity contribution in [1.29, 1.82) is 0 Å². The van der Waals surface area contributed by atoms with E-state index in [4.69, 9.17) is 24.3 Å². The monoisotopic (exact) mass is 583 g/mol. The van der Waals surface area contributed by atoms with Crippen molar-refractivity contribution in [3.05, 3.63) is 35.0 Å². The normalized spacial score (nSPS) is 33.2. The Morgan fingerprint density at radius 1 is 1.15 bits per heavy atom. The van der Waals surface area contributed by atoms with Crippen LogP contribution in [0, 0.1) is 0 Å². The van der Waals surface area contributed by atoms with Crippen LogP contribution in [0.4, 0.5) is 5.82 Å². The number of fused-ring (bicyclic) bond motifs is 2. The van der Waals surface area contributed by atoms with Crippen LogP contribution in [0.2, 0.25) is 0 Å². The van der Waals surface area contributed by atoms with Crippen molar-refractivity contribution in [2.75, 3.05) is 18.5 Å². The topological polar surface area (TPSA) is 267 Å². The number of hydrogen-bond acceptors (Lipinski definition) is 15. The maximum atomic E-state index is 12.9. The molecule has 0 amide bonds. The fourth-order valence-electron chi connectivity index (χ4n) is 4.87. The highest BCUT2D eigenvalue weighted by Gasteiger charge is 2.47. The molecule has 19 nitrogen and oxygen atoms in total. The second kappa shape index (κ2) is 10.4. The van der Waals surface area contributed by atoms with Gasteiger partial charge < -0.3 is 45.7 Å². The summed E-state index contributed by atoms with van der Waals surface area (Å²) in [5.74, 6) is 0.408. The van der Waals surface area contributed by atoms with Crippen molar-refractivity contribution in [3.63, 3.8) is 0 Å². The number of phosphoric acid groups is 1. The van der Waals surface area contributed by atoms with Gasteiger partial charge in [-0.3, -0.25) is 28.0 Å². The first-order valence-corrected chi connectivity index (χ1v) is 13.6. The van der Waals surface area contributed by atoms with E-state index in [9.17, 15) is 29.6 Å². The summed E-state index contributed by atoms with van der Waals surface area (Å²) in [5, 5.41) is 33.7. The largest absolute Gasteiger partial charge is 0.472 e. The molecule has 3 aromatic heterocycles. The van der Waals surface area contributed by atoms with Crippen LogP contribution >= 0.6 is 7.82 Å². The zero-order valence-corrected chi connectivity index (χ0v) is 21.4. The first-order valence-electron chi connectivity index (χ1n) is 12.1. The lowest BCUT2D eigenvalue weighted by atomic mass is 10.1. The number of aliphatic hydroxyl groups excluding tert-OH is 3. The molecule has 0 saturated carbocycles. The third-order valence-electron chi connectivity index (χ3n) is 6.81. The predicted molar refractivity (Wildman–Crippen MR) is 132 cm³/mol. The molecular weight excluding hydrogens is 557 g/mol. The number of H-pyrrole nitrogens is 1. The third-order valence-corrected chi connectivity index (χ3v) is 7.82.